The predicted octanol–water partition coefficient (Wildman–Crippen LogP) is 2.45. The molecule has 1 rings (SSSR count). The van der Waals surface area contributed by atoms with Gasteiger partial charge < -0.3 is 22.2 Å². The molecular formula is C7H10BF4N2-. The summed E-state index contributed by atoms with van der Waals surface area (Å²) >= 11 is 0. The Labute approximate surface area is 79.7 Å². The summed E-state index contributed by atoms with van der Waals surface area (Å²) in [6.07, 6.45) is 1.79. The van der Waals surface area contributed by atoms with Gasteiger partial charge in [0.25, 0.3) is 0 Å². The van der Waals surface area contributed by atoms with Crippen molar-refractivity contribution < 1.29 is 17.3 Å². The van der Waals surface area contributed by atoms with Gasteiger partial charge in [-0.15, -0.1) is 0 Å². The molecule has 0 amide bonds. The highest BCUT2D eigenvalue weighted by Crippen LogP contribution is 2.06. The molecule has 0 aliphatic carbocycles. The van der Waals surface area contributed by atoms with Crippen LogP contribution in [0.15, 0.2) is 24.4 Å². The van der Waals surface area contributed by atoms with Crippen LogP contribution in [-0.4, -0.2) is 26.3 Å². The number of aromatic nitrogens is 1. The van der Waals surface area contributed by atoms with Crippen LogP contribution >= 0.6 is 0 Å². The van der Waals surface area contributed by atoms with Crippen LogP contribution in [0.1, 0.15) is 0 Å². The van der Waals surface area contributed by atoms with Gasteiger partial charge in [-0.2, -0.15) is 0 Å². The zero-order chi connectivity index (χ0) is 11.2. The molecule has 0 aliphatic heterocycles. The van der Waals surface area contributed by atoms with Gasteiger partial charge in [0.05, 0.1) is 0 Å². The fourth-order valence-electron chi connectivity index (χ4n) is 0.618. The van der Waals surface area contributed by atoms with Crippen molar-refractivity contribution in [2.75, 3.05) is 19.0 Å². The number of hydrogen-bond acceptors (Lipinski definition) is 2. The number of rotatable bonds is 1. The molecule has 0 aromatic carbocycles. The first-order valence-electron chi connectivity index (χ1n) is 3.76. The normalized spacial score (nSPS) is 10.1. The molecule has 0 bridgehead atoms. The maximum absolute atomic E-state index is 9.75. The molecule has 0 atom stereocenters. The van der Waals surface area contributed by atoms with Crippen LogP contribution < -0.4 is 4.90 Å². The average molecular weight is 209 g/mol. The van der Waals surface area contributed by atoms with Gasteiger partial charge in [0.15, 0.2) is 0 Å². The zero-order valence-electron chi connectivity index (χ0n) is 7.79. The lowest BCUT2D eigenvalue weighted by Gasteiger charge is -2.08. The van der Waals surface area contributed by atoms with E-state index in [4.69, 9.17) is 0 Å². The fourth-order valence-corrected chi connectivity index (χ4v) is 0.618. The number of halogens is 4. The molecule has 2 nitrogen and oxygen atoms in total. The second-order valence-corrected chi connectivity index (χ2v) is 2.58. The van der Waals surface area contributed by atoms with Crippen molar-refractivity contribution in [1.82, 2.24) is 4.98 Å². The Morgan fingerprint density at radius 1 is 1.14 bits per heavy atom. The summed E-state index contributed by atoms with van der Waals surface area (Å²) in [5, 5.41) is 0. The van der Waals surface area contributed by atoms with E-state index in [1.54, 1.807) is 6.20 Å². The third kappa shape index (κ3) is 8.83. The van der Waals surface area contributed by atoms with E-state index in [1.807, 2.05) is 37.2 Å². The van der Waals surface area contributed by atoms with Crippen molar-refractivity contribution in [3.8, 4) is 0 Å². The zero-order valence-corrected chi connectivity index (χ0v) is 7.79. The first kappa shape index (κ1) is 12.7. The van der Waals surface area contributed by atoms with Crippen molar-refractivity contribution >= 4 is 13.1 Å². The van der Waals surface area contributed by atoms with Crippen molar-refractivity contribution in [2.24, 2.45) is 0 Å². The summed E-state index contributed by atoms with van der Waals surface area (Å²) < 4.78 is 39.0. The van der Waals surface area contributed by atoms with Crippen molar-refractivity contribution in [2.45, 2.75) is 0 Å². The lowest BCUT2D eigenvalue weighted by atomic mass is 10.3. The molecule has 14 heavy (non-hydrogen) atoms. The van der Waals surface area contributed by atoms with E-state index in [0.29, 0.717) is 0 Å². The highest BCUT2D eigenvalue weighted by molar-refractivity contribution is 6.50. The van der Waals surface area contributed by atoms with E-state index in [2.05, 4.69) is 4.98 Å². The van der Waals surface area contributed by atoms with E-state index < -0.39 is 7.25 Å². The largest absolute Gasteiger partial charge is 0.673 e. The van der Waals surface area contributed by atoms with Gasteiger partial charge in [0.2, 0.25) is 0 Å². The molecule has 0 unspecified atom stereocenters. The second-order valence-electron chi connectivity index (χ2n) is 2.58. The summed E-state index contributed by atoms with van der Waals surface area (Å²) in [5.74, 6) is 0.998. The minimum atomic E-state index is -6.00. The highest BCUT2D eigenvalue weighted by Gasteiger charge is 2.20. The summed E-state index contributed by atoms with van der Waals surface area (Å²) in [5.41, 5.74) is 0. The van der Waals surface area contributed by atoms with Gasteiger partial charge in [-0.05, 0) is 12.1 Å². The molecule has 0 saturated carbocycles. The molecule has 0 N–H and O–H groups in total. The molecule has 1 aromatic rings. The number of nitrogens with zero attached hydrogens (tertiary/aromatic N) is 2. The van der Waals surface area contributed by atoms with Crippen LogP contribution in [0.25, 0.3) is 0 Å². The quantitative estimate of drug-likeness (QED) is 0.521. The number of anilines is 1. The Balaban J connectivity index is 0.000000292. The van der Waals surface area contributed by atoms with Crippen molar-refractivity contribution in [3.63, 3.8) is 0 Å². The highest BCUT2D eigenvalue weighted by atomic mass is 19.5. The molecule has 0 aliphatic rings. The minimum absolute atomic E-state index is 0.998. The van der Waals surface area contributed by atoms with Crippen LogP contribution in [0.4, 0.5) is 23.1 Å². The Kier molecular flexibility index (Phi) is 4.97. The molecule has 80 valence electrons. The molecular weight excluding hydrogens is 199 g/mol. The van der Waals surface area contributed by atoms with E-state index >= 15 is 0 Å². The van der Waals surface area contributed by atoms with Gasteiger partial charge in [-0.25, -0.2) is 4.98 Å². The number of hydrogen-bond donors (Lipinski definition) is 0. The Morgan fingerprint density at radius 2 is 1.64 bits per heavy atom. The Bertz CT molecular complexity index is 244. The van der Waals surface area contributed by atoms with Crippen LogP contribution in [-0.2, 0) is 0 Å². The van der Waals surface area contributed by atoms with E-state index in [-0.39, 0.29) is 0 Å². The SMILES string of the molecule is CN(C)c1ccccn1.F[B-](F)(F)F. The third-order valence-corrected chi connectivity index (χ3v) is 1.11. The fraction of sp³-hybridized carbons (Fsp3) is 0.286. The van der Waals surface area contributed by atoms with Crippen LogP contribution in [0.2, 0.25) is 0 Å². The molecule has 0 fully saturated rings. The van der Waals surface area contributed by atoms with Gasteiger partial charge in [0.1, 0.15) is 5.82 Å². The molecule has 0 radical (unpaired) electrons. The Hall–Kier alpha value is -1.27. The third-order valence-electron chi connectivity index (χ3n) is 1.11. The lowest BCUT2D eigenvalue weighted by Crippen LogP contribution is -2.09. The topological polar surface area (TPSA) is 16.1 Å². The summed E-state index contributed by atoms with van der Waals surface area (Å²) in [6, 6.07) is 5.86. The molecule has 0 spiro atoms. The van der Waals surface area contributed by atoms with Crippen LogP contribution in [0, 0.1) is 0 Å². The van der Waals surface area contributed by atoms with E-state index in [0.717, 1.165) is 5.82 Å². The monoisotopic (exact) mass is 209 g/mol. The maximum atomic E-state index is 9.75. The Morgan fingerprint density at radius 3 is 1.86 bits per heavy atom. The van der Waals surface area contributed by atoms with Crippen LogP contribution in [0.5, 0.6) is 0 Å². The standard InChI is InChI=1S/C7H10N2.BF4/c1-9(2)7-5-3-4-6-8-7;2-1(3,4)5/h3-6H,1-2H3;/q;-1. The van der Waals surface area contributed by atoms with Gasteiger partial charge >= 0.3 is 7.25 Å². The smallest absolute Gasteiger partial charge is 0.418 e. The van der Waals surface area contributed by atoms with Crippen LogP contribution in [0.3, 0.4) is 0 Å². The lowest BCUT2D eigenvalue weighted by molar-refractivity contribution is 0.368. The molecule has 1 heterocycles. The molecule has 7 heteroatoms. The summed E-state index contributed by atoms with van der Waals surface area (Å²) in [6.45, 7) is 0. The summed E-state index contributed by atoms with van der Waals surface area (Å²) in [7, 11) is -2.05. The second kappa shape index (κ2) is 5.46. The molecule has 1 aromatic heterocycles. The van der Waals surface area contributed by atoms with Crippen molar-refractivity contribution in [3.05, 3.63) is 24.4 Å². The maximum Gasteiger partial charge on any atom is 0.673 e. The van der Waals surface area contributed by atoms with Crippen molar-refractivity contribution in [1.29, 1.82) is 0 Å². The minimum Gasteiger partial charge on any atom is -0.418 e. The van der Waals surface area contributed by atoms with Gasteiger partial charge in [-0.1, -0.05) is 6.07 Å². The first-order chi connectivity index (χ1) is 6.30. The molecule has 0 saturated heterocycles. The first-order valence-corrected chi connectivity index (χ1v) is 3.76. The number of pyridine rings is 1. The van der Waals surface area contributed by atoms with E-state index in [1.165, 1.54) is 0 Å². The average Bonchev–Trinajstić information content (AvgIpc) is 2.03. The van der Waals surface area contributed by atoms with Gasteiger partial charge in [0, 0.05) is 20.3 Å². The van der Waals surface area contributed by atoms with Gasteiger partial charge in [-0.3, -0.25) is 0 Å². The van der Waals surface area contributed by atoms with E-state index in [9.17, 15) is 17.3 Å². The summed E-state index contributed by atoms with van der Waals surface area (Å²) in [4.78, 5) is 6.08. The predicted molar refractivity (Wildman–Crippen MR) is 48.8 cm³/mol.